The molecule has 2 N–H and O–H groups in total. The molecule has 134 valence electrons. The molecule has 0 spiro atoms. The zero-order valence-electron chi connectivity index (χ0n) is 14.3. The van der Waals surface area contributed by atoms with Gasteiger partial charge >= 0.3 is 0 Å². The van der Waals surface area contributed by atoms with Crippen molar-refractivity contribution in [1.29, 1.82) is 0 Å². The zero-order valence-corrected chi connectivity index (χ0v) is 14.3. The van der Waals surface area contributed by atoms with Gasteiger partial charge in [-0.1, -0.05) is 30.3 Å². The molecule has 1 aliphatic carbocycles. The molecular formula is C20H20N2O4. The first-order valence-electron chi connectivity index (χ1n) is 8.71. The van der Waals surface area contributed by atoms with Gasteiger partial charge in [-0.05, 0) is 37.0 Å². The number of fused-ring (bicyclic) bond motifs is 1. The summed E-state index contributed by atoms with van der Waals surface area (Å²) >= 11 is 0. The Kier molecular flexibility index (Phi) is 4.24. The summed E-state index contributed by atoms with van der Waals surface area (Å²) in [4.78, 5) is 25.1. The van der Waals surface area contributed by atoms with Crippen LogP contribution in [0.1, 0.15) is 18.4 Å². The molecule has 1 aliphatic heterocycles. The summed E-state index contributed by atoms with van der Waals surface area (Å²) < 4.78 is 10.6. The maximum Gasteiger partial charge on any atom is 0.240 e. The second-order valence-electron chi connectivity index (χ2n) is 6.60. The molecule has 0 unspecified atom stereocenters. The van der Waals surface area contributed by atoms with E-state index in [-0.39, 0.29) is 18.6 Å². The molecular weight excluding hydrogens is 332 g/mol. The van der Waals surface area contributed by atoms with Gasteiger partial charge in [0.15, 0.2) is 11.5 Å². The predicted octanol–water partition coefficient (Wildman–Crippen LogP) is 2.49. The third-order valence-corrected chi connectivity index (χ3v) is 4.79. The van der Waals surface area contributed by atoms with Crippen molar-refractivity contribution in [3.05, 3.63) is 54.1 Å². The first-order chi connectivity index (χ1) is 12.7. The van der Waals surface area contributed by atoms with Crippen LogP contribution in [-0.2, 0) is 16.0 Å². The fourth-order valence-electron chi connectivity index (χ4n) is 3.04. The van der Waals surface area contributed by atoms with Gasteiger partial charge < -0.3 is 20.1 Å². The lowest BCUT2D eigenvalue weighted by atomic mass is 10.0. The van der Waals surface area contributed by atoms with Crippen molar-refractivity contribution in [2.24, 2.45) is 5.41 Å². The molecule has 1 fully saturated rings. The van der Waals surface area contributed by atoms with Gasteiger partial charge in [0.2, 0.25) is 18.6 Å². The van der Waals surface area contributed by atoms with E-state index in [1.807, 2.05) is 30.3 Å². The minimum absolute atomic E-state index is 0.181. The van der Waals surface area contributed by atoms with E-state index in [0.717, 1.165) is 12.0 Å². The minimum atomic E-state index is -0.951. The maximum atomic E-state index is 12.6. The summed E-state index contributed by atoms with van der Waals surface area (Å²) in [6.07, 6.45) is 1.88. The van der Waals surface area contributed by atoms with Crippen molar-refractivity contribution in [2.75, 3.05) is 18.7 Å². The summed E-state index contributed by atoms with van der Waals surface area (Å²) in [5.41, 5.74) is 0.803. The van der Waals surface area contributed by atoms with Gasteiger partial charge in [-0.3, -0.25) is 9.59 Å². The Labute approximate surface area is 151 Å². The van der Waals surface area contributed by atoms with Crippen molar-refractivity contribution in [1.82, 2.24) is 5.32 Å². The third-order valence-electron chi connectivity index (χ3n) is 4.79. The molecule has 2 aliphatic rings. The fourth-order valence-corrected chi connectivity index (χ4v) is 3.04. The van der Waals surface area contributed by atoms with Crippen LogP contribution in [0.25, 0.3) is 0 Å². The summed E-state index contributed by atoms with van der Waals surface area (Å²) in [5.74, 6) is 0.781. The van der Waals surface area contributed by atoms with Gasteiger partial charge in [-0.15, -0.1) is 0 Å². The highest BCUT2D eigenvalue weighted by Gasteiger charge is 2.56. The Morgan fingerprint density at radius 1 is 0.962 bits per heavy atom. The van der Waals surface area contributed by atoms with Crippen LogP contribution in [-0.4, -0.2) is 25.2 Å². The number of hydrogen-bond donors (Lipinski definition) is 2. The standard InChI is InChI=1S/C20H20N2O4/c23-18(21-11-8-14-4-2-1-3-5-14)20(9-10-20)19(24)22-15-6-7-16-17(12-15)26-13-25-16/h1-7,12H,8-11,13H2,(H,21,23)(H,22,24). The highest BCUT2D eigenvalue weighted by Crippen LogP contribution is 2.47. The first kappa shape index (κ1) is 16.4. The molecule has 0 bridgehead atoms. The SMILES string of the molecule is O=C(NCCc1ccccc1)C1(C(=O)Nc2ccc3c(c2)OCO3)CC1. The van der Waals surface area contributed by atoms with E-state index in [1.165, 1.54) is 0 Å². The number of nitrogens with one attached hydrogen (secondary N) is 2. The van der Waals surface area contributed by atoms with Crippen LogP contribution >= 0.6 is 0 Å². The summed E-state index contributed by atoms with van der Waals surface area (Å²) in [5, 5.41) is 5.73. The first-order valence-corrected chi connectivity index (χ1v) is 8.71. The largest absolute Gasteiger partial charge is 0.454 e. The number of benzene rings is 2. The summed E-state index contributed by atoms with van der Waals surface area (Å²) in [6.45, 7) is 0.697. The number of carbonyl (C=O) groups is 2. The Bertz CT molecular complexity index is 831. The number of carbonyl (C=O) groups excluding carboxylic acids is 2. The number of anilines is 1. The molecule has 2 amide bonds. The van der Waals surface area contributed by atoms with Crippen molar-refractivity contribution in [3.8, 4) is 11.5 Å². The number of ether oxygens (including phenoxy) is 2. The average molecular weight is 352 g/mol. The second kappa shape index (κ2) is 6.71. The third kappa shape index (κ3) is 3.22. The molecule has 0 aromatic heterocycles. The lowest BCUT2D eigenvalue weighted by Gasteiger charge is -2.15. The summed E-state index contributed by atoms with van der Waals surface area (Å²) in [7, 11) is 0. The Morgan fingerprint density at radius 2 is 1.73 bits per heavy atom. The van der Waals surface area contributed by atoms with Gasteiger partial charge in [0.05, 0.1) is 0 Å². The minimum Gasteiger partial charge on any atom is -0.454 e. The molecule has 4 rings (SSSR count). The zero-order chi connectivity index (χ0) is 18.0. The maximum absolute atomic E-state index is 12.6. The van der Waals surface area contributed by atoms with Crippen molar-refractivity contribution in [3.63, 3.8) is 0 Å². The van der Waals surface area contributed by atoms with Crippen molar-refractivity contribution in [2.45, 2.75) is 19.3 Å². The van der Waals surface area contributed by atoms with Crippen LogP contribution in [0.15, 0.2) is 48.5 Å². The van der Waals surface area contributed by atoms with Crippen LogP contribution < -0.4 is 20.1 Å². The van der Waals surface area contributed by atoms with E-state index in [1.54, 1.807) is 18.2 Å². The highest BCUT2D eigenvalue weighted by atomic mass is 16.7. The Balaban J connectivity index is 1.34. The quantitative estimate of drug-likeness (QED) is 0.783. The van der Waals surface area contributed by atoms with Crippen LogP contribution in [0, 0.1) is 5.41 Å². The van der Waals surface area contributed by atoms with E-state index in [4.69, 9.17) is 9.47 Å². The Morgan fingerprint density at radius 3 is 2.50 bits per heavy atom. The normalized spacial score (nSPS) is 16.0. The number of rotatable bonds is 6. The summed E-state index contributed by atoms with van der Waals surface area (Å²) in [6, 6.07) is 15.1. The molecule has 1 heterocycles. The highest BCUT2D eigenvalue weighted by molar-refractivity contribution is 6.13. The lowest BCUT2D eigenvalue weighted by Crippen LogP contribution is -2.40. The molecule has 0 atom stereocenters. The lowest BCUT2D eigenvalue weighted by molar-refractivity contribution is -0.134. The fraction of sp³-hybridized carbons (Fsp3) is 0.300. The van der Waals surface area contributed by atoms with Crippen LogP contribution in [0.4, 0.5) is 5.69 Å². The molecule has 0 saturated heterocycles. The van der Waals surface area contributed by atoms with E-state index in [9.17, 15) is 9.59 Å². The molecule has 6 heteroatoms. The van der Waals surface area contributed by atoms with Crippen molar-refractivity contribution >= 4 is 17.5 Å². The monoisotopic (exact) mass is 352 g/mol. The average Bonchev–Trinajstić information content (AvgIpc) is 3.35. The van der Waals surface area contributed by atoms with Gasteiger partial charge in [0, 0.05) is 18.3 Å². The molecule has 0 radical (unpaired) electrons. The van der Waals surface area contributed by atoms with E-state index < -0.39 is 5.41 Å². The predicted molar refractivity (Wildman–Crippen MR) is 96.0 cm³/mol. The van der Waals surface area contributed by atoms with Crippen molar-refractivity contribution < 1.29 is 19.1 Å². The second-order valence-corrected chi connectivity index (χ2v) is 6.60. The topological polar surface area (TPSA) is 76.7 Å². The van der Waals surface area contributed by atoms with Gasteiger partial charge in [-0.25, -0.2) is 0 Å². The van der Waals surface area contributed by atoms with E-state index >= 15 is 0 Å². The molecule has 2 aromatic carbocycles. The van der Waals surface area contributed by atoms with E-state index in [2.05, 4.69) is 10.6 Å². The number of hydrogen-bond acceptors (Lipinski definition) is 4. The Hall–Kier alpha value is -3.02. The van der Waals surface area contributed by atoms with Crippen LogP contribution in [0.2, 0.25) is 0 Å². The van der Waals surface area contributed by atoms with Crippen LogP contribution in [0.3, 0.4) is 0 Å². The number of amides is 2. The van der Waals surface area contributed by atoms with Gasteiger partial charge in [0.25, 0.3) is 0 Å². The molecule has 26 heavy (non-hydrogen) atoms. The smallest absolute Gasteiger partial charge is 0.240 e. The molecule has 2 aromatic rings. The van der Waals surface area contributed by atoms with E-state index in [0.29, 0.717) is 36.6 Å². The molecule has 6 nitrogen and oxygen atoms in total. The van der Waals surface area contributed by atoms with Gasteiger partial charge in [0.1, 0.15) is 5.41 Å². The molecule has 1 saturated carbocycles. The van der Waals surface area contributed by atoms with Crippen LogP contribution in [0.5, 0.6) is 11.5 Å². The van der Waals surface area contributed by atoms with Gasteiger partial charge in [-0.2, -0.15) is 0 Å².